The van der Waals surface area contributed by atoms with Crippen molar-refractivity contribution >= 4 is 38.9 Å². The SMILES string of the molecule is CC(=O)N=C1[C@H](C)C[C@@]2(C)CC/C(=N/O)CC[C@H]([C@H]1C)[C@](C)(O)COC(=O)[C@H](C)C(=O)[C@H](C)[C@H]2O[C@@H]1O[C@H](C)C[C@H](N(C)CCc2cn([C@H](CF)Cc3ccc(S(C)(=O)=O)cc3)nn2)[C@H]1O. The summed E-state index contributed by atoms with van der Waals surface area (Å²) >= 11 is 0. The van der Waals surface area contributed by atoms with E-state index in [0.29, 0.717) is 62.2 Å². The topological polar surface area (TPSA) is 232 Å². The summed E-state index contributed by atoms with van der Waals surface area (Å²) in [5.74, 6) is -5.32. The number of alkyl halides is 1. The summed E-state index contributed by atoms with van der Waals surface area (Å²) in [7, 11) is -1.50. The summed E-state index contributed by atoms with van der Waals surface area (Å²) < 4.78 is 58.6. The summed E-state index contributed by atoms with van der Waals surface area (Å²) in [6.45, 7) is 13.0. The average Bonchev–Trinajstić information content (AvgIpc) is 3.73. The van der Waals surface area contributed by atoms with Crippen LogP contribution in [-0.4, -0.2) is 142 Å². The smallest absolute Gasteiger partial charge is 0.316 e. The molecule has 0 unspecified atom stereocenters. The van der Waals surface area contributed by atoms with E-state index in [9.17, 15) is 42.6 Å². The molecule has 13 atom stereocenters. The maximum atomic E-state index is 14.4. The molecule has 3 fully saturated rings. The molecule has 19 heteroatoms. The Labute approximate surface area is 388 Å². The number of hydrogen-bond donors (Lipinski definition) is 3. The maximum Gasteiger partial charge on any atom is 0.316 e. The molecule has 2 aliphatic heterocycles. The number of likely N-dealkylation sites (N-methyl/N-ethyl adjacent to an activating group) is 1. The van der Waals surface area contributed by atoms with Crippen LogP contribution in [0, 0.1) is 35.0 Å². The summed E-state index contributed by atoms with van der Waals surface area (Å²) in [4.78, 5) is 47.4. The van der Waals surface area contributed by atoms with Crippen LogP contribution in [0.4, 0.5) is 4.39 Å². The Bertz CT molecular complexity index is 2180. The molecule has 0 spiro atoms. The first kappa shape index (κ1) is 53.0. The number of esters is 1. The Morgan fingerprint density at radius 1 is 1.11 bits per heavy atom. The zero-order valence-electron chi connectivity index (χ0n) is 40.1. The first-order valence-electron chi connectivity index (χ1n) is 23.1. The van der Waals surface area contributed by atoms with Crippen LogP contribution in [-0.2, 0) is 51.3 Å². The molecule has 5 rings (SSSR count). The predicted octanol–water partition coefficient (Wildman–Crippen LogP) is 4.98. The molecule has 0 radical (unpaired) electrons. The van der Waals surface area contributed by atoms with E-state index in [1.165, 1.54) is 30.7 Å². The van der Waals surface area contributed by atoms with Gasteiger partial charge in [0.25, 0.3) is 0 Å². The maximum absolute atomic E-state index is 14.4. The lowest BCUT2D eigenvalue weighted by atomic mass is 9.66. The summed E-state index contributed by atoms with van der Waals surface area (Å²) in [5.41, 5.74) is -0.171. The van der Waals surface area contributed by atoms with E-state index in [4.69, 9.17) is 14.2 Å². The van der Waals surface area contributed by atoms with E-state index in [-0.39, 0.29) is 23.7 Å². The zero-order valence-corrected chi connectivity index (χ0v) is 40.9. The number of oxime groups is 1. The third-order valence-electron chi connectivity index (χ3n) is 14.3. The van der Waals surface area contributed by atoms with Gasteiger partial charge >= 0.3 is 5.97 Å². The fourth-order valence-corrected chi connectivity index (χ4v) is 11.1. The van der Waals surface area contributed by atoms with Gasteiger partial charge in [0, 0.05) is 55.9 Å². The number of aliphatic hydroxyl groups excluding tert-OH is 1. The fourth-order valence-electron chi connectivity index (χ4n) is 10.4. The van der Waals surface area contributed by atoms with E-state index >= 15 is 0 Å². The summed E-state index contributed by atoms with van der Waals surface area (Å²) in [6, 6.07) is 5.18. The molecule has 1 saturated carbocycles. The minimum absolute atomic E-state index is 0.180. The monoisotopic (exact) mass is 946 g/mol. The van der Waals surface area contributed by atoms with Crippen molar-refractivity contribution in [2.75, 3.05) is 33.1 Å². The Kier molecular flexibility index (Phi) is 17.6. The lowest BCUT2D eigenvalue weighted by Gasteiger charge is -2.48. The van der Waals surface area contributed by atoms with Crippen molar-refractivity contribution in [1.29, 1.82) is 0 Å². The predicted molar refractivity (Wildman–Crippen MR) is 244 cm³/mol. The van der Waals surface area contributed by atoms with Gasteiger partial charge in [0.1, 0.15) is 25.3 Å². The second-order valence-corrected chi connectivity index (χ2v) is 21.8. The number of carbonyl (C=O) groups excluding carboxylic acids is 3. The standard InChI is InChI=1S/C47H71FN6O11S/c1-27-23-46(7)19-17-34(51-60)13-16-38(29(3)40(27)49-32(6)55)47(8,59)26-63-44(58)31(5)41(56)30(4)43(46)65-45-42(57)39(21-28(2)64-45)53(9)20-18-35-25-54(52-50-35)36(24-48)22-33-11-14-37(15-12-33)66(10,61)62/h11-12,14-15,25,27-31,36,38-39,42-43,45,57,59-60H,13,16-24,26H2,1-10H3/b49-40?,51-34+/t27-,28-,29-,30+,31-,36+,38-,39+,42-,43-,45+,46-,47-/m1/s1. The van der Waals surface area contributed by atoms with E-state index < -0.39 is 112 Å². The molecule has 1 aromatic heterocycles. The molecule has 3 heterocycles. The number of fused-ring (bicyclic) bond motifs is 5. The van der Waals surface area contributed by atoms with Crippen molar-refractivity contribution in [3.8, 4) is 0 Å². The molecule has 66 heavy (non-hydrogen) atoms. The minimum atomic E-state index is -3.37. The summed E-state index contributed by atoms with van der Waals surface area (Å²) in [5, 5.41) is 46.5. The number of Topliss-reactive ketones (excluding diaryl/α,β-unsaturated/α-hetero) is 1. The van der Waals surface area contributed by atoms with Crippen molar-refractivity contribution in [3.05, 3.63) is 41.7 Å². The average molecular weight is 947 g/mol. The van der Waals surface area contributed by atoms with Crippen LogP contribution in [0.2, 0.25) is 0 Å². The number of ether oxygens (including phenoxy) is 3. The number of ketones is 1. The summed E-state index contributed by atoms with van der Waals surface area (Å²) in [6.07, 6.45) is 1.73. The third-order valence-corrected chi connectivity index (χ3v) is 15.4. The van der Waals surface area contributed by atoms with Gasteiger partial charge in [-0.3, -0.25) is 14.4 Å². The number of halogens is 1. The number of aromatic nitrogens is 3. The van der Waals surface area contributed by atoms with Gasteiger partial charge in [-0.05, 0) is 108 Å². The molecule has 2 bridgehead atoms. The molecule has 1 aliphatic carbocycles. The van der Waals surface area contributed by atoms with Crippen molar-refractivity contribution in [2.24, 2.45) is 45.2 Å². The lowest BCUT2D eigenvalue weighted by molar-refractivity contribution is -0.287. The molecule has 2 saturated heterocycles. The minimum Gasteiger partial charge on any atom is -0.462 e. The largest absolute Gasteiger partial charge is 0.462 e. The van der Waals surface area contributed by atoms with E-state index in [0.717, 1.165) is 11.8 Å². The van der Waals surface area contributed by atoms with Gasteiger partial charge in [0.2, 0.25) is 5.91 Å². The number of cyclic esters (lactones) is 1. The molecule has 368 valence electrons. The molecular formula is C47H71FN6O11S. The molecule has 17 nitrogen and oxygen atoms in total. The van der Waals surface area contributed by atoms with Gasteiger partial charge in [0.05, 0.1) is 40.2 Å². The highest BCUT2D eigenvalue weighted by Crippen LogP contribution is 2.46. The Morgan fingerprint density at radius 3 is 2.41 bits per heavy atom. The molecule has 1 aromatic carbocycles. The Hall–Kier alpha value is -4.01. The van der Waals surface area contributed by atoms with Crippen LogP contribution >= 0.6 is 0 Å². The van der Waals surface area contributed by atoms with Gasteiger partial charge in [-0.25, -0.2) is 22.5 Å². The molecule has 1 amide bonds. The van der Waals surface area contributed by atoms with Gasteiger partial charge in [-0.2, -0.15) is 0 Å². The highest BCUT2D eigenvalue weighted by molar-refractivity contribution is 7.90. The number of amides is 1. The van der Waals surface area contributed by atoms with Crippen LogP contribution in [0.3, 0.4) is 0 Å². The number of aliphatic hydroxyl groups is 2. The van der Waals surface area contributed by atoms with E-state index in [2.05, 4.69) is 20.5 Å². The van der Waals surface area contributed by atoms with Crippen LogP contribution in [0.1, 0.15) is 111 Å². The third kappa shape index (κ3) is 12.7. The number of hydrogen-bond acceptors (Lipinski definition) is 15. The zero-order chi connectivity index (χ0) is 48.9. The van der Waals surface area contributed by atoms with Crippen LogP contribution in [0.15, 0.2) is 45.5 Å². The number of benzene rings is 1. The van der Waals surface area contributed by atoms with Crippen molar-refractivity contribution in [1.82, 2.24) is 19.9 Å². The Morgan fingerprint density at radius 2 is 1.79 bits per heavy atom. The molecule has 2 aromatic rings. The quantitative estimate of drug-likeness (QED) is 0.117. The number of rotatable bonds is 11. The van der Waals surface area contributed by atoms with Gasteiger partial charge in [-0.15, -0.1) is 5.10 Å². The van der Waals surface area contributed by atoms with Crippen LogP contribution in [0.5, 0.6) is 0 Å². The van der Waals surface area contributed by atoms with Crippen molar-refractivity contribution < 1.29 is 56.8 Å². The number of aliphatic imine (C=N–C) groups is 1. The van der Waals surface area contributed by atoms with Crippen molar-refractivity contribution in [2.45, 2.75) is 154 Å². The van der Waals surface area contributed by atoms with E-state index in [1.54, 1.807) is 32.2 Å². The van der Waals surface area contributed by atoms with E-state index in [1.807, 2.05) is 39.6 Å². The second kappa shape index (κ2) is 22.0. The van der Waals surface area contributed by atoms with Gasteiger partial charge in [-0.1, -0.05) is 50.2 Å². The number of sulfone groups is 1. The molecular weight excluding hydrogens is 876 g/mol. The van der Waals surface area contributed by atoms with Crippen LogP contribution in [0.25, 0.3) is 0 Å². The Balaban J connectivity index is 1.42. The number of nitrogens with zero attached hydrogens (tertiary/aromatic N) is 6. The molecule has 3 aliphatic rings. The first-order valence-corrected chi connectivity index (χ1v) is 24.9. The number of carbonyl (C=O) groups is 3. The fraction of sp³-hybridized carbons (Fsp3) is 0.723. The first-order chi connectivity index (χ1) is 30.9. The molecule has 3 N–H and O–H groups in total. The second-order valence-electron chi connectivity index (χ2n) is 19.8. The van der Waals surface area contributed by atoms with Crippen LogP contribution < -0.4 is 0 Å². The van der Waals surface area contributed by atoms with Gasteiger partial charge in [0.15, 0.2) is 21.9 Å². The highest BCUT2D eigenvalue weighted by atomic mass is 32.2. The lowest BCUT2D eigenvalue weighted by Crippen LogP contribution is -2.58. The normalized spacial score (nSPS) is 34.9. The highest BCUT2D eigenvalue weighted by Gasteiger charge is 2.50. The van der Waals surface area contributed by atoms with Crippen molar-refractivity contribution in [3.63, 3.8) is 0 Å². The van der Waals surface area contributed by atoms with Gasteiger partial charge < -0.3 is 34.5 Å².